The summed E-state index contributed by atoms with van der Waals surface area (Å²) in [6.45, 7) is 6.01. The van der Waals surface area contributed by atoms with Crippen LogP contribution in [0, 0.1) is 5.82 Å². The average molecular weight is 408 g/mol. The van der Waals surface area contributed by atoms with E-state index in [1.165, 1.54) is 11.0 Å². The van der Waals surface area contributed by atoms with Crippen molar-refractivity contribution in [3.05, 3.63) is 33.0 Å². The van der Waals surface area contributed by atoms with Crippen LogP contribution < -0.4 is 5.32 Å². The molecular formula is C15H17BrClFN2O3. The molecule has 0 bridgehead atoms. The fourth-order valence-corrected chi connectivity index (χ4v) is 2.50. The van der Waals surface area contributed by atoms with E-state index in [2.05, 4.69) is 21.2 Å². The summed E-state index contributed by atoms with van der Waals surface area (Å²) in [7, 11) is 0. The number of ether oxygens (including phenoxy) is 1. The second kappa shape index (κ2) is 6.65. The first-order valence-electron chi connectivity index (χ1n) is 7.00. The molecule has 5 nitrogen and oxygen atoms in total. The monoisotopic (exact) mass is 406 g/mol. The fourth-order valence-electron chi connectivity index (χ4n) is 2.01. The van der Waals surface area contributed by atoms with Gasteiger partial charge >= 0.3 is 6.09 Å². The Labute approximate surface area is 147 Å². The van der Waals surface area contributed by atoms with Crippen LogP contribution in [0.4, 0.5) is 9.18 Å². The van der Waals surface area contributed by atoms with Crippen LogP contribution in [0.1, 0.15) is 31.1 Å². The molecule has 0 radical (unpaired) electrons. The highest BCUT2D eigenvalue weighted by Gasteiger charge is 2.35. The summed E-state index contributed by atoms with van der Waals surface area (Å²) in [5, 5.41) is 2.87. The summed E-state index contributed by atoms with van der Waals surface area (Å²) in [5.41, 5.74) is -0.665. The molecule has 1 aliphatic heterocycles. The lowest BCUT2D eigenvalue weighted by Gasteiger charge is -2.39. The Bertz CT molecular complexity index is 642. The zero-order valence-electron chi connectivity index (χ0n) is 13.0. The highest BCUT2D eigenvalue weighted by Crippen LogP contribution is 2.26. The van der Waals surface area contributed by atoms with Crippen molar-refractivity contribution in [3.63, 3.8) is 0 Å². The van der Waals surface area contributed by atoms with Crippen molar-refractivity contribution in [2.75, 3.05) is 13.1 Å². The van der Waals surface area contributed by atoms with Gasteiger partial charge in [-0.25, -0.2) is 9.18 Å². The van der Waals surface area contributed by atoms with E-state index in [-0.39, 0.29) is 16.6 Å². The van der Waals surface area contributed by atoms with Crippen molar-refractivity contribution in [2.45, 2.75) is 32.4 Å². The maximum absolute atomic E-state index is 13.8. The number of nitrogens with zero attached hydrogens (tertiary/aromatic N) is 1. The zero-order valence-corrected chi connectivity index (χ0v) is 15.3. The maximum atomic E-state index is 13.8. The molecule has 1 aliphatic rings. The number of hydrogen-bond donors (Lipinski definition) is 1. The molecule has 1 fully saturated rings. The molecule has 126 valence electrons. The first-order chi connectivity index (χ1) is 10.6. The predicted molar refractivity (Wildman–Crippen MR) is 88.2 cm³/mol. The first-order valence-corrected chi connectivity index (χ1v) is 8.17. The molecule has 1 N–H and O–H groups in total. The predicted octanol–water partition coefficient (Wildman–Crippen LogP) is 3.59. The molecule has 1 aromatic carbocycles. The van der Waals surface area contributed by atoms with Gasteiger partial charge in [0.15, 0.2) is 0 Å². The quantitative estimate of drug-likeness (QED) is 0.762. The molecule has 0 aliphatic carbocycles. The van der Waals surface area contributed by atoms with E-state index in [1.807, 2.05) is 0 Å². The third-order valence-electron chi connectivity index (χ3n) is 3.12. The molecule has 0 unspecified atom stereocenters. The number of likely N-dealkylation sites (tertiary alicyclic amines) is 1. The SMILES string of the molecule is CC(C)(C)OC(=O)N1CC(NC(=O)c2cc(Br)c(Cl)cc2F)C1. The largest absolute Gasteiger partial charge is 0.444 e. The Morgan fingerprint density at radius 1 is 1.39 bits per heavy atom. The lowest BCUT2D eigenvalue weighted by molar-refractivity contribution is 0.00530. The number of carbonyl (C=O) groups is 2. The smallest absolute Gasteiger partial charge is 0.410 e. The number of amides is 2. The Hall–Kier alpha value is -1.34. The topological polar surface area (TPSA) is 58.6 Å². The molecule has 0 atom stereocenters. The number of rotatable bonds is 2. The summed E-state index contributed by atoms with van der Waals surface area (Å²) >= 11 is 8.92. The summed E-state index contributed by atoms with van der Waals surface area (Å²) in [4.78, 5) is 25.4. The van der Waals surface area contributed by atoms with Crippen LogP contribution in [0.15, 0.2) is 16.6 Å². The number of halogens is 3. The molecular weight excluding hydrogens is 391 g/mol. The standard InChI is InChI=1S/C15H17BrClFN2O3/c1-15(2,3)23-14(22)20-6-8(7-20)19-13(21)9-4-10(16)11(17)5-12(9)18/h4-5,8H,6-7H2,1-3H3,(H,19,21). The number of nitrogens with one attached hydrogen (secondary N) is 1. The molecule has 0 spiro atoms. The van der Waals surface area contributed by atoms with Crippen molar-refractivity contribution in [3.8, 4) is 0 Å². The third kappa shape index (κ3) is 4.57. The number of carbonyl (C=O) groups excluding carboxylic acids is 2. The molecule has 2 amide bonds. The van der Waals surface area contributed by atoms with Crippen molar-refractivity contribution in [2.24, 2.45) is 0 Å². The molecule has 2 rings (SSSR count). The van der Waals surface area contributed by atoms with Crippen LogP contribution in [-0.2, 0) is 4.74 Å². The van der Waals surface area contributed by atoms with E-state index in [0.29, 0.717) is 17.6 Å². The van der Waals surface area contributed by atoms with Gasteiger partial charge < -0.3 is 15.0 Å². The van der Waals surface area contributed by atoms with Gasteiger partial charge in [0.25, 0.3) is 5.91 Å². The van der Waals surface area contributed by atoms with E-state index in [9.17, 15) is 14.0 Å². The van der Waals surface area contributed by atoms with Crippen LogP contribution in [0.5, 0.6) is 0 Å². The van der Waals surface area contributed by atoms with E-state index in [4.69, 9.17) is 16.3 Å². The molecule has 0 saturated carbocycles. The van der Waals surface area contributed by atoms with Crippen LogP contribution in [0.25, 0.3) is 0 Å². The third-order valence-corrected chi connectivity index (χ3v) is 4.32. The van der Waals surface area contributed by atoms with Gasteiger partial charge in [0.05, 0.1) is 16.6 Å². The van der Waals surface area contributed by atoms with Gasteiger partial charge in [-0.05, 0) is 48.8 Å². The summed E-state index contributed by atoms with van der Waals surface area (Å²) in [5.74, 6) is -1.24. The normalized spacial score (nSPS) is 15.1. The molecule has 1 saturated heterocycles. The van der Waals surface area contributed by atoms with Gasteiger partial charge in [-0.2, -0.15) is 0 Å². The zero-order chi connectivity index (χ0) is 17.4. The Morgan fingerprint density at radius 3 is 2.57 bits per heavy atom. The number of hydrogen-bond acceptors (Lipinski definition) is 3. The maximum Gasteiger partial charge on any atom is 0.410 e. The number of benzene rings is 1. The average Bonchev–Trinajstić information content (AvgIpc) is 2.35. The highest BCUT2D eigenvalue weighted by atomic mass is 79.9. The van der Waals surface area contributed by atoms with Crippen molar-refractivity contribution >= 4 is 39.5 Å². The minimum Gasteiger partial charge on any atom is -0.444 e. The van der Waals surface area contributed by atoms with Crippen LogP contribution in [-0.4, -0.2) is 41.6 Å². The molecule has 1 aromatic rings. The van der Waals surface area contributed by atoms with Gasteiger partial charge in [0.1, 0.15) is 11.4 Å². The van der Waals surface area contributed by atoms with Crippen LogP contribution >= 0.6 is 27.5 Å². The van der Waals surface area contributed by atoms with Gasteiger partial charge in [-0.3, -0.25) is 4.79 Å². The van der Waals surface area contributed by atoms with E-state index in [0.717, 1.165) is 6.07 Å². The van der Waals surface area contributed by atoms with Crippen LogP contribution in [0.3, 0.4) is 0 Å². The second-order valence-corrected chi connectivity index (χ2v) is 7.56. The van der Waals surface area contributed by atoms with Gasteiger partial charge in [-0.15, -0.1) is 0 Å². The summed E-state index contributed by atoms with van der Waals surface area (Å²) in [6, 6.07) is 2.18. The van der Waals surface area contributed by atoms with E-state index < -0.39 is 23.4 Å². The lowest BCUT2D eigenvalue weighted by Crippen LogP contribution is -2.61. The van der Waals surface area contributed by atoms with E-state index in [1.54, 1.807) is 20.8 Å². The summed E-state index contributed by atoms with van der Waals surface area (Å²) in [6.07, 6.45) is -0.427. The highest BCUT2D eigenvalue weighted by molar-refractivity contribution is 9.10. The Kier molecular flexibility index (Phi) is 5.20. The van der Waals surface area contributed by atoms with Gasteiger partial charge in [-0.1, -0.05) is 11.6 Å². The summed E-state index contributed by atoms with van der Waals surface area (Å²) < 4.78 is 19.5. The Balaban J connectivity index is 1.90. The van der Waals surface area contributed by atoms with Crippen LogP contribution in [0.2, 0.25) is 5.02 Å². The minimum atomic E-state index is -0.695. The van der Waals surface area contributed by atoms with E-state index >= 15 is 0 Å². The fraction of sp³-hybridized carbons (Fsp3) is 0.467. The van der Waals surface area contributed by atoms with Crippen molar-refractivity contribution in [1.82, 2.24) is 10.2 Å². The van der Waals surface area contributed by atoms with Crippen molar-refractivity contribution < 1.29 is 18.7 Å². The lowest BCUT2D eigenvalue weighted by atomic mass is 10.1. The molecule has 1 heterocycles. The van der Waals surface area contributed by atoms with Gasteiger partial charge in [0.2, 0.25) is 0 Å². The minimum absolute atomic E-state index is 0.100. The van der Waals surface area contributed by atoms with Crippen molar-refractivity contribution in [1.29, 1.82) is 0 Å². The molecule has 8 heteroatoms. The first kappa shape index (κ1) is 18.0. The molecule has 23 heavy (non-hydrogen) atoms. The second-order valence-electron chi connectivity index (χ2n) is 6.30. The van der Waals surface area contributed by atoms with Gasteiger partial charge in [0, 0.05) is 17.6 Å². The molecule has 0 aromatic heterocycles. The Morgan fingerprint density at radius 2 is 2.00 bits per heavy atom.